The molecule has 1 fully saturated rings. The summed E-state index contributed by atoms with van der Waals surface area (Å²) in [6.45, 7) is 9.47. The first-order valence-electron chi connectivity index (χ1n) is 6.53. The van der Waals surface area contributed by atoms with Crippen molar-refractivity contribution >= 4 is 12.0 Å². The van der Waals surface area contributed by atoms with Crippen molar-refractivity contribution in [3.05, 3.63) is 23.4 Å². The van der Waals surface area contributed by atoms with Gasteiger partial charge < -0.3 is 9.47 Å². The molecule has 0 spiro atoms. The Hall–Kier alpha value is -0.660. The number of aromatic nitrogens is 1. The first-order valence-corrected chi connectivity index (χ1v) is 7.27. The van der Waals surface area contributed by atoms with Gasteiger partial charge in [-0.1, -0.05) is 20.8 Å². The molecule has 112 valence electrons. The molecular weight excluding hydrogens is 278 g/mol. The highest BCUT2D eigenvalue weighted by Gasteiger charge is 2.49. The van der Waals surface area contributed by atoms with Crippen molar-refractivity contribution in [3.63, 3.8) is 0 Å². The van der Waals surface area contributed by atoms with Crippen molar-refractivity contribution in [3.8, 4) is 0 Å². The molecule has 1 aromatic rings. The van der Waals surface area contributed by atoms with Crippen LogP contribution in [0.25, 0.3) is 0 Å². The zero-order chi connectivity index (χ0) is 14.8. The van der Waals surface area contributed by atoms with Gasteiger partial charge in [-0.15, -0.1) is 0 Å². The largest absolute Gasteiger partial charge is 0.343 e. The zero-order valence-corrected chi connectivity index (χ0v) is 13.4. The Morgan fingerprint density at radius 1 is 1.30 bits per heavy atom. The summed E-state index contributed by atoms with van der Waals surface area (Å²) in [5.41, 5.74) is 1.74. The van der Waals surface area contributed by atoms with E-state index < -0.39 is 5.79 Å². The number of nitrogens with zero attached hydrogens (tertiary/aromatic N) is 1. The molecule has 0 aromatic carbocycles. The van der Waals surface area contributed by atoms with E-state index in [1.807, 2.05) is 13.0 Å². The summed E-state index contributed by atoms with van der Waals surface area (Å²) in [6, 6.07) is 2.03. The molecule has 1 aliphatic rings. The summed E-state index contributed by atoms with van der Waals surface area (Å²) < 4.78 is 16.7. The predicted octanol–water partition coefficient (Wildman–Crippen LogP) is 3.22. The molecule has 1 aromatic heterocycles. The van der Waals surface area contributed by atoms with Gasteiger partial charge in [0.15, 0.2) is 0 Å². The van der Waals surface area contributed by atoms with E-state index in [1.54, 1.807) is 6.20 Å². The number of hydrogen-bond acceptors (Lipinski definition) is 6. The minimum absolute atomic E-state index is 0.185. The van der Waals surface area contributed by atoms with Crippen molar-refractivity contribution in [2.24, 2.45) is 5.41 Å². The summed E-state index contributed by atoms with van der Waals surface area (Å²) in [6.07, 6.45) is 1.78. The Morgan fingerprint density at radius 2 is 1.95 bits per heavy atom. The van der Waals surface area contributed by atoms with Gasteiger partial charge in [-0.2, -0.15) is 4.33 Å². The molecule has 0 aliphatic carbocycles. The van der Waals surface area contributed by atoms with E-state index >= 15 is 0 Å². The fourth-order valence-electron chi connectivity index (χ4n) is 2.34. The summed E-state index contributed by atoms with van der Waals surface area (Å²) in [5, 5.41) is 0.762. The van der Waals surface area contributed by atoms with Crippen LogP contribution in [-0.2, 0) is 24.5 Å². The van der Waals surface area contributed by atoms with Crippen LogP contribution in [-0.4, -0.2) is 25.3 Å². The third-order valence-corrected chi connectivity index (χ3v) is 4.06. The number of pyridine rings is 1. The molecule has 2 heterocycles. The van der Waals surface area contributed by atoms with Crippen LogP contribution in [0.3, 0.4) is 0 Å². The van der Waals surface area contributed by atoms with Gasteiger partial charge in [0.1, 0.15) is 5.03 Å². The van der Waals surface area contributed by atoms with Crippen LogP contribution >= 0.6 is 12.0 Å². The molecule has 0 N–H and O–H groups in total. The van der Waals surface area contributed by atoms with Crippen molar-refractivity contribution in [2.75, 3.05) is 20.3 Å². The predicted molar refractivity (Wildman–Crippen MR) is 76.0 cm³/mol. The van der Waals surface area contributed by atoms with Crippen LogP contribution in [0.15, 0.2) is 17.3 Å². The van der Waals surface area contributed by atoms with Gasteiger partial charge in [0, 0.05) is 17.2 Å². The normalized spacial score (nSPS) is 18.4. The molecular formula is C14H21NO4S. The van der Waals surface area contributed by atoms with Gasteiger partial charge in [0.2, 0.25) is 5.79 Å². The zero-order valence-electron chi connectivity index (χ0n) is 12.6. The lowest BCUT2D eigenvalue weighted by Gasteiger charge is -2.39. The molecule has 1 aliphatic heterocycles. The SMILES string of the molecule is COOSc1ncc(C2(C(C)(C)C)OCCO2)cc1C. The average Bonchev–Trinajstić information content (AvgIpc) is 2.87. The number of ether oxygens (including phenoxy) is 2. The van der Waals surface area contributed by atoms with Gasteiger partial charge in [0.25, 0.3) is 0 Å². The highest BCUT2D eigenvalue weighted by Crippen LogP contribution is 2.46. The molecule has 5 nitrogen and oxygen atoms in total. The van der Waals surface area contributed by atoms with Crippen LogP contribution < -0.4 is 0 Å². The minimum atomic E-state index is -0.740. The fourth-order valence-corrected chi connectivity index (χ4v) is 2.76. The Bertz CT molecular complexity index is 467. The maximum absolute atomic E-state index is 5.94. The topological polar surface area (TPSA) is 49.8 Å². The second-order valence-corrected chi connectivity index (χ2v) is 6.42. The van der Waals surface area contributed by atoms with E-state index in [0.29, 0.717) is 13.2 Å². The van der Waals surface area contributed by atoms with E-state index in [-0.39, 0.29) is 5.41 Å². The fraction of sp³-hybridized carbons (Fsp3) is 0.643. The Balaban J connectivity index is 2.34. The quantitative estimate of drug-likeness (QED) is 0.483. The molecule has 20 heavy (non-hydrogen) atoms. The van der Waals surface area contributed by atoms with Gasteiger partial charge in [-0.3, -0.25) is 0 Å². The lowest BCUT2D eigenvalue weighted by Crippen LogP contribution is -2.41. The summed E-state index contributed by atoms with van der Waals surface area (Å²) in [5.74, 6) is -0.740. The van der Waals surface area contributed by atoms with Crippen LogP contribution in [0, 0.1) is 12.3 Å². The van der Waals surface area contributed by atoms with Gasteiger partial charge in [-0.05, 0) is 18.6 Å². The monoisotopic (exact) mass is 299 g/mol. The molecule has 0 radical (unpaired) electrons. The van der Waals surface area contributed by atoms with Crippen molar-refractivity contribution in [2.45, 2.75) is 38.5 Å². The summed E-state index contributed by atoms with van der Waals surface area (Å²) >= 11 is 1.09. The lowest BCUT2D eigenvalue weighted by molar-refractivity contribution is -0.232. The number of hydrogen-bond donors (Lipinski definition) is 0. The highest BCUT2D eigenvalue weighted by molar-refractivity contribution is 7.94. The van der Waals surface area contributed by atoms with E-state index in [9.17, 15) is 0 Å². The van der Waals surface area contributed by atoms with Gasteiger partial charge >= 0.3 is 0 Å². The maximum Gasteiger partial charge on any atom is 0.201 e. The third kappa shape index (κ3) is 2.84. The molecule has 0 atom stereocenters. The molecule has 0 bridgehead atoms. The van der Waals surface area contributed by atoms with Crippen LogP contribution in [0.1, 0.15) is 31.9 Å². The molecule has 0 amide bonds. The Kier molecular flexibility index (Phi) is 4.71. The molecule has 0 unspecified atom stereocenters. The van der Waals surface area contributed by atoms with E-state index in [1.165, 1.54) is 7.11 Å². The Labute approximate surface area is 124 Å². The highest BCUT2D eigenvalue weighted by atomic mass is 32.2. The number of rotatable bonds is 4. The Morgan fingerprint density at radius 3 is 2.45 bits per heavy atom. The third-order valence-electron chi connectivity index (χ3n) is 3.27. The van der Waals surface area contributed by atoms with Gasteiger partial charge in [0.05, 0.1) is 32.4 Å². The van der Waals surface area contributed by atoms with Crippen LogP contribution in [0.4, 0.5) is 0 Å². The standard InChI is InChI=1S/C14H21NO4S/c1-10-8-11(9-15-12(10)20-19-16-5)14(13(2,3)4)17-6-7-18-14/h8-9H,6-7H2,1-5H3. The van der Waals surface area contributed by atoms with Gasteiger partial charge in [-0.25, -0.2) is 9.87 Å². The van der Waals surface area contributed by atoms with E-state index in [4.69, 9.17) is 13.8 Å². The van der Waals surface area contributed by atoms with Crippen molar-refractivity contribution < 1.29 is 18.7 Å². The van der Waals surface area contributed by atoms with E-state index in [2.05, 4.69) is 30.6 Å². The van der Waals surface area contributed by atoms with Crippen LogP contribution in [0.5, 0.6) is 0 Å². The summed E-state index contributed by atoms with van der Waals surface area (Å²) in [4.78, 5) is 9.00. The van der Waals surface area contributed by atoms with Crippen LogP contribution in [0.2, 0.25) is 0 Å². The molecule has 6 heteroatoms. The molecule has 2 rings (SSSR count). The van der Waals surface area contributed by atoms with Crippen molar-refractivity contribution in [1.29, 1.82) is 0 Å². The first kappa shape index (κ1) is 15.7. The maximum atomic E-state index is 5.94. The molecule has 0 saturated carbocycles. The first-order chi connectivity index (χ1) is 9.40. The van der Waals surface area contributed by atoms with E-state index in [0.717, 1.165) is 28.2 Å². The average molecular weight is 299 g/mol. The van der Waals surface area contributed by atoms with Crippen molar-refractivity contribution in [1.82, 2.24) is 4.98 Å². The lowest BCUT2D eigenvalue weighted by atomic mass is 9.81. The number of aryl methyl sites for hydroxylation is 1. The molecule has 1 saturated heterocycles. The second kappa shape index (κ2) is 5.99. The minimum Gasteiger partial charge on any atom is -0.343 e. The second-order valence-electron chi connectivity index (χ2n) is 5.73. The summed E-state index contributed by atoms with van der Waals surface area (Å²) in [7, 11) is 1.46. The smallest absolute Gasteiger partial charge is 0.201 e.